The third-order valence-electron chi connectivity index (χ3n) is 2.45. The summed E-state index contributed by atoms with van der Waals surface area (Å²) >= 11 is 6.02. The Bertz CT molecular complexity index is 560. The van der Waals surface area contributed by atoms with Crippen LogP contribution in [0.2, 0.25) is 5.02 Å². The molecule has 100 valence electrons. The van der Waals surface area contributed by atoms with E-state index in [-0.39, 0.29) is 0 Å². The van der Waals surface area contributed by atoms with Gasteiger partial charge in [-0.25, -0.2) is 9.97 Å². The Morgan fingerprint density at radius 1 is 1.26 bits per heavy atom. The van der Waals surface area contributed by atoms with Crippen molar-refractivity contribution in [3.8, 4) is 5.75 Å². The zero-order valence-corrected chi connectivity index (χ0v) is 11.7. The van der Waals surface area contributed by atoms with E-state index in [1.807, 2.05) is 38.1 Å². The third kappa shape index (κ3) is 3.83. The first kappa shape index (κ1) is 13.6. The van der Waals surface area contributed by atoms with Gasteiger partial charge in [0.15, 0.2) is 5.82 Å². The van der Waals surface area contributed by atoms with Gasteiger partial charge in [0, 0.05) is 18.3 Å². The average Bonchev–Trinajstić information content (AvgIpc) is 2.37. The van der Waals surface area contributed by atoms with E-state index >= 15 is 0 Å². The quantitative estimate of drug-likeness (QED) is 0.909. The molecule has 0 radical (unpaired) electrons. The van der Waals surface area contributed by atoms with Crippen LogP contribution in [-0.4, -0.2) is 16.5 Å². The van der Waals surface area contributed by atoms with Gasteiger partial charge in [-0.05, 0) is 26.0 Å². The first-order valence-corrected chi connectivity index (χ1v) is 6.52. The number of benzene rings is 1. The number of ether oxygens (including phenoxy) is 1. The Balaban J connectivity index is 2.09. The maximum absolute atomic E-state index is 6.02. The minimum atomic E-state index is 0.295. The highest BCUT2D eigenvalue weighted by molar-refractivity contribution is 6.32. The lowest BCUT2D eigenvalue weighted by atomic mass is 10.3. The molecule has 0 spiro atoms. The van der Waals surface area contributed by atoms with Crippen LogP contribution < -0.4 is 10.1 Å². The van der Waals surface area contributed by atoms with Gasteiger partial charge in [0.1, 0.15) is 18.2 Å². The Hall–Kier alpha value is -1.81. The van der Waals surface area contributed by atoms with Gasteiger partial charge in [0.2, 0.25) is 0 Å². The zero-order chi connectivity index (χ0) is 13.7. The molecule has 1 N–H and O–H groups in total. The minimum absolute atomic E-state index is 0.295. The van der Waals surface area contributed by atoms with E-state index in [1.165, 1.54) is 0 Å². The molecular weight excluding hydrogens is 262 g/mol. The Morgan fingerprint density at radius 3 is 2.79 bits per heavy atom. The van der Waals surface area contributed by atoms with E-state index in [1.54, 1.807) is 6.07 Å². The van der Waals surface area contributed by atoms with E-state index < -0.39 is 0 Å². The van der Waals surface area contributed by atoms with Crippen molar-refractivity contribution in [1.29, 1.82) is 0 Å². The molecule has 0 aliphatic heterocycles. The maximum Gasteiger partial charge on any atom is 0.168 e. The number of nitrogens with one attached hydrogen (secondary N) is 1. The van der Waals surface area contributed by atoms with Crippen LogP contribution in [0.3, 0.4) is 0 Å². The lowest BCUT2D eigenvalue weighted by Crippen LogP contribution is -2.07. The molecule has 0 aliphatic rings. The molecule has 0 bridgehead atoms. The molecule has 1 heterocycles. The van der Waals surface area contributed by atoms with Gasteiger partial charge in [-0.1, -0.05) is 23.7 Å². The van der Waals surface area contributed by atoms with Crippen molar-refractivity contribution in [2.24, 2.45) is 0 Å². The molecule has 4 nitrogen and oxygen atoms in total. The smallest absolute Gasteiger partial charge is 0.168 e. The minimum Gasteiger partial charge on any atom is -0.484 e. The molecule has 2 rings (SSSR count). The first-order valence-electron chi connectivity index (χ1n) is 6.15. The number of hydrogen-bond donors (Lipinski definition) is 1. The van der Waals surface area contributed by atoms with Gasteiger partial charge < -0.3 is 10.1 Å². The SMILES string of the molecule is CCNc1cc(C)nc(COc2ccccc2Cl)n1. The van der Waals surface area contributed by atoms with Crippen LogP contribution in [0.1, 0.15) is 18.4 Å². The normalized spacial score (nSPS) is 10.3. The highest BCUT2D eigenvalue weighted by atomic mass is 35.5. The molecule has 19 heavy (non-hydrogen) atoms. The molecule has 0 fully saturated rings. The van der Waals surface area contributed by atoms with Crippen LogP contribution in [0.15, 0.2) is 30.3 Å². The monoisotopic (exact) mass is 277 g/mol. The zero-order valence-electron chi connectivity index (χ0n) is 11.0. The second-order valence-electron chi connectivity index (χ2n) is 4.06. The number of nitrogens with zero attached hydrogens (tertiary/aromatic N) is 2. The van der Waals surface area contributed by atoms with Gasteiger partial charge in [-0.2, -0.15) is 0 Å². The summed E-state index contributed by atoms with van der Waals surface area (Å²) < 4.78 is 5.63. The van der Waals surface area contributed by atoms with Crippen LogP contribution in [0.4, 0.5) is 5.82 Å². The van der Waals surface area contributed by atoms with Crippen molar-refractivity contribution in [3.05, 3.63) is 46.9 Å². The number of aromatic nitrogens is 2. The molecule has 0 amide bonds. The highest BCUT2D eigenvalue weighted by Gasteiger charge is 2.05. The van der Waals surface area contributed by atoms with Crippen molar-refractivity contribution in [2.75, 3.05) is 11.9 Å². The molecule has 0 atom stereocenters. The van der Waals surface area contributed by atoms with E-state index in [4.69, 9.17) is 16.3 Å². The summed E-state index contributed by atoms with van der Waals surface area (Å²) in [5.74, 6) is 2.09. The molecule has 0 aliphatic carbocycles. The third-order valence-corrected chi connectivity index (χ3v) is 2.76. The fourth-order valence-corrected chi connectivity index (χ4v) is 1.86. The van der Waals surface area contributed by atoms with Crippen LogP contribution >= 0.6 is 11.6 Å². The van der Waals surface area contributed by atoms with Gasteiger partial charge in [-0.3, -0.25) is 0 Å². The molecule has 0 saturated carbocycles. The van der Waals surface area contributed by atoms with Crippen molar-refractivity contribution in [1.82, 2.24) is 9.97 Å². The summed E-state index contributed by atoms with van der Waals surface area (Å²) in [6.45, 7) is 5.07. The van der Waals surface area contributed by atoms with Gasteiger partial charge >= 0.3 is 0 Å². The summed E-state index contributed by atoms with van der Waals surface area (Å²) in [6.07, 6.45) is 0. The second-order valence-corrected chi connectivity index (χ2v) is 4.47. The van der Waals surface area contributed by atoms with Crippen LogP contribution in [0, 0.1) is 6.92 Å². The maximum atomic E-state index is 6.02. The number of para-hydroxylation sites is 1. The lowest BCUT2D eigenvalue weighted by Gasteiger charge is -2.09. The highest BCUT2D eigenvalue weighted by Crippen LogP contribution is 2.23. The van der Waals surface area contributed by atoms with Gasteiger partial charge in [0.25, 0.3) is 0 Å². The fraction of sp³-hybridized carbons (Fsp3) is 0.286. The predicted octanol–water partition coefficient (Wildman–Crippen LogP) is 3.45. The molecule has 0 saturated heterocycles. The average molecular weight is 278 g/mol. The summed E-state index contributed by atoms with van der Waals surface area (Å²) in [7, 11) is 0. The first-order chi connectivity index (χ1) is 9.19. The Labute approximate surface area is 117 Å². The van der Waals surface area contributed by atoms with Crippen molar-refractivity contribution < 1.29 is 4.74 Å². The Morgan fingerprint density at radius 2 is 2.05 bits per heavy atom. The largest absolute Gasteiger partial charge is 0.484 e. The fourth-order valence-electron chi connectivity index (χ4n) is 1.67. The van der Waals surface area contributed by atoms with Crippen LogP contribution in [-0.2, 0) is 6.61 Å². The topological polar surface area (TPSA) is 47.0 Å². The van der Waals surface area contributed by atoms with Crippen LogP contribution in [0.25, 0.3) is 0 Å². The van der Waals surface area contributed by atoms with Crippen molar-refractivity contribution >= 4 is 17.4 Å². The number of rotatable bonds is 5. The summed E-state index contributed by atoms with van der Waals surface area (Å²) in [6, 6.07) is 9.26. The van der Waals surface area contributed by atoms with Gasteiger partial charge in [-0.15, -0.1) is 0 Å². The molecule has 2 aromatic rings. The molecule has 1 aromatic carbocycles. The summed E-state index contributed by atoms with van der Waals surface area (Å²) in [5.41, 5.74) is 0.906. The van der Waals surface area contributed by atoms with E-state index in [2.05, 4.69) is 15.3 Å². The van der Waals surface area contributed by atoms with Crippen molar-refractivity contribution in [2.45, 2.75) is 20.5 Å². The number of aryl methyl sites for hydroxylation is 1. The molecule has 5 heteroatoms. The summed E-state index contributed by atoms with van der Waals surface area (Å²) in [5, 5.41) is 3.75. The number of halogens is 1. The van der Waals surface area contributed by atoms with Gasteiger partial charge in [0.05, 0.1) is 5.02 Å². The standard InChI is InChI=1S/C14H16ClN3O/c1-3-16-13-8-10(2)17-14(18-13)9-19-12-7-5-4-6-11(12)15/h4-8H,3,9H2,1-2H3,(H,16,17,18). The van der Waals surface area contributed by atoms with E-state index in [0.29, 0.717) is 23.2 Å². The Kier molecular flexibility index (Phi) is 4.58. The molecular formula is C14H16ClN3O. The lowest BCUT2D eigenvalue weighted by molar-refractivity contribution is 0.296. The van der Waals surface area contributed by atoms with E-state index in [0.717, 1.165) is 18.1 Å². The van der Waals surface area contributed by atoms with E-state index in [9.17, 15) is 0 Å². The second kappa shape index (κ2) is 6.38. The van der Waals surface area contributed by atoms with Crippen LogP contribution in [0.5, 0.6) is 5.75 Å². The molecule has 0 unspecified atom stereocenters. The predicted molar refractivity (Wildman–Crippen MR) is 76.7 cm³/mol. The number of anilines is 1. The summed E-state index contributed by atoms with van der Waals surface area (Å²) in [4.78, 5) is 8.72. The van der Waals surface area contributed by atoms with Crippen molar-refractivity contribution in [3.63, 3.8) is 0 Å². The molecule has 1 aromatic heterocycles. The number of hydrogen-bond acceptors (Lipinski definition) is 4.